The van der Waals surface area contributed by atoms with Gasteiger partial charge in [-0.3, -0.25) is 0 Å². The van der Waals surface area contributed by atoms with Crippen LogP contribution in [0.1, 0.15) is 42.7 Å². The summed E-state index contributed by atoms with van der Waals surface area (Å²) < 4.78 is 0. The lowest BCUT2D eigenvalue weighted by atomic mass is 9.79. The second-order valence-corrected chi connectivity index (χ2v) is 6.95. The predicted octanol–water partition coefficient (Wildman–Crippen LogP) is 4.64. The van der Waals surface area contributed by atoms with E-state index in [2.05, 4.69) is 59.9 Å². The van der Waals surface area contributed by atoms with Gasteiger partial charge >= 0.3 is 0 Å². The van der Waals surface area contributed by atoms with Crippen LogP contribution in [-0.2, 0) is 0 Å². The summed E-state index contributed by atoms with van der Waals surface area (Å²) >= 11 is 0. The second kappa shape index (κ2) is 4.82. The summed E-state index contributed by atoms with van der Waals surface area (Å²) in [6.07, 6.45) is 7.77. The van der Waals surface area contributed by atoms with Gasteiger partial charge in [0.15, 0.2) is 0 Å². The molecule has 1 N–H and O–H groups in total. The molecule has 0 aromatic heterocycles. The molecule has 0 spiro atoms. The quantitative estimate of drug-likeness (QED) is 0.753. The normalized spacial score (nSPS) is 26.3. The molecule has 2 aromatic rings. The van der Waals surface area contributed by atoms with Crippen molar-refractivity contribution in [3.8, 4) is 11.1 Å². The molecule has 0 amide bonds. The van der Waals surface area contributed by atoms with Crippen LogP contribution >= 0.6 is 0 Å². The summed E-state index contributed by atoms with van der Waals surface area (Å²) in [4.78, 5) is 0. The Morgan fingerprint density at radius 3 is 2.18 bits per heavy atom. The Balaban J connectivity index is 1.67. The second-order valence-electron chi connectivity index (χ2n) is 6.95. The van der Waals surface area contributed by atoms with Gasteiger partial charge in [0.05, 0.1) is 0 Å². The van der Waals surface area contributed by atoms with Crippen molar-refractivity contribution < 1.29 is 0 Å². The highest BCUT2D eigenvalue weighted by Crippen LogP contribution is 2.49. The highest BCUT2D eigenvalue weighted by atomic mass is 15.0. The molecule has 2 unspecified atom stereocenters. The third-order valence-electron chi connectivity index (χ3n) is 5.62. The summed E-state index contributed by atoms with van der Waals surface area (Å²) in [5.41, 5.74) is 7.54. The van der Waals surface area contributed by atoms with E-state index in [1.807, 2.05) is 0 Å². The van der Waals surface area contributed by atoms with Gasteiger partial charge in [0, 0.05) is 18.0 Å². The summed E-state index contributed by atoms with van der Waals surface area (Å²) in [6, 6.07) is 19.3. The Bertz CT molecular complexity index is 713. The molecule has 1 saturated heterocycles. The fraction of sp³-hybridized carbons (Fsp3) is 0.333. The number of hydrogen-bond acceptors (Lipinski definition) is 1. The lowest BCUT2D eigenvalue weighted by Gasteiger charge is -2.37. The zero-order valence-corrected chi connectivity index (χ0v) is 12.8. The molecule has 1 fully saturated rings. The minimum Gasteiger partial charge on any atom is -0.307 e. The number of benzene rings is 2. The van der Waals surface area contributed by atoms with E-state index in [9.17, 15) is 0 Å². The monoisotopic (exact) mass is 287 g/mol. The summed E-state index contributed by atoms with van der Waals surface area (Å²) in [6.45, 7) is 0. The minimum absolute atomic E-state index is 0.484. The Morgan fingerprint density at radius 2 is 1.50 bits per heavy atom. The van der Waals surface area contributed by atoms with E-state index in [1.54, 1.807) is 5.57 Å². The molecule has 1 heteroatoms. The Hall–Kier alpha value is -1.86. The van der Waals surface area contributed by atoms with Gasteiger partial charge in [0.1, 0.15) is 0 Å². The smallest absolute Gasteiger partial charge is 0.0312 e. The first-order valence-corrected chi connectivity index (χ1v) is 8.55. The Labute approximate surface area is 132 Å². The molecule has 1 nitrogen and oxygen atoms in total. The van der Waals surface area contributed by atoms with Crippen LogP contribution in [0.3, 0.4) is 0 Å². The van der Waals surface area contributed by atoms with Crippen LogP contribution in [0.15, 0.2) is 60.2 Å². The number of fused-ring (bicyclic) bond motifs is 5. The van der Waals surface area contributed by atoms with E-state index < -0.39 is 0 Å². The number of hydrogen-bond donors (Lipinski definition) is 1. The van der Waals surface area contributed by atoms with Gasteiger partial charge in [-0.2, -0.15) is 0 Å². The van der Waals surface area contributed by atoms with E-state index >= 15 is 0 Å². The van der Waals surface area contributed by atoms with Crippen molar-refractivity contribution in [2.45, 2.75) is 43.7 Å². The molecule has 2 aromatic carbocycles. The van der Waals surface area contributed by atoms with Crippen molar-refractivity contribution in [2.75, 3.05) is 0 Å². The lowest BCUT2D eigenvalue weighted by molar-refractivity contribution is 0.331. The largest absolute Gasteiger partial charge is 0.307 e. The average molecular weight is 287 g/mol. The maximum absolute atomic E-state index is 3.78. The van der Waals surface area contributed by atoms with E-state index in [0.717, 1.165) is 0 Å². The molecule has 0 radical (unpaired) electrons. The lowest BCUT2D eigenvalue weighted by Crippen LogP contribution is -2.45. The van der Waals surface area contributed by atoms with Gasteiger partial charge in [-0.15, -0.1) is 0 Å². The molecule has 2 bridgehead atoms. The summed E-state index contributed by atoms with van der Waals surface area (Å²) in [7, 11) is 0. The first kappa shape index (κ1) is 12.7. The molecular weight excluding hydrogens is 266 g/mol. The Morgan fingerprint density at radius 1 is 0.818 bits per heavy atom. The number of piperidine rings is 1. The fourth-order valence-electron chi connectivity index (χ4n) is 4.73. The van der Waals surface area contributed by atoms with Crippen LogP contribution in [0.2, 0.25) is 0 Å². The van der Waals surface area contributed by atoms with Crippen LogP contribution in [0.25, 0.3) is 11.1 Å². The van der Waals surface area contributed by atoms with Gasteiger partial charge in [-0.1, -0.05) is 66.6 Å². The topological polar surface area (TPSA) is 12.0 Å². The summed E-state index contributed by atoms with van der Waals surface area (Å²) in [5.74, 6) is 0.484. The molecule has 5 rings (SSSR count). The standard InChI is InChI=1S/C21H21N/c1-3-10-19-17(8-1)18-9-2-4-11-20(18)21(19)14-12-15-6-5-7-16(13-14)22-15/h1-4,8-12,15-16,21-22H,5-7,13H2. The van der Waals surface area contributed by atoms with E-state index in [1.165, 1.54) is 47.9 Å². The molecule has 1 aliphatic carbocycles. The molecule has 22 heavy (non-hydrogen) atoms. The van der Waals surface area contributed by atoms with Crippen LogP contribution in [0.4, 0.5) is 0 Å². The van der Waals surface area contributed by atoms with Crippen molar-refractivity contribution in [1.82, 2.24) is 5.32 Å². The first-order chi connectivity index (χ1) is 10.9. The van der Waals surface area contributed by atoms with Crippen molar-refractivity contribution in [2.24, 2.45) is 0 Å². The third kappa shape index (κ3) is 1.82. The van der Waals surface area contributed by atoms with E-state index in [-0.39, 0.29) is 0 Å². The number of rotatable bonds is 1. The highest BCUT2D eigenvalue weighted by Gasteiger charge is 2.35. The van der Waals surface area contributed by atoms with Gasteiger partial charge in [0.25, 0.3) is 0 Å². The maximum atomic E-state index is 3.78. The van der Waals surface area contributed by atoms with Gasteiger partial charge in [0.2, 0.25) is 0 Å². The van der Waals surface area contributed by atoms with Crippen molar-refractivity contribution in [3.63, 3.8) is 0 Å². The van der Waals surface area contributed by atoms with E-state index in [0.29, 0.717) is 18.0 Å². The van der Waals surface area contributed by atoms with Crippen molar-refractivity contribution >= 4 is 0 Å². The maximum Gasteiger partial charge on any atom is 0.0312 e. The third-order valence-corrected chi connectivity index (χ3v) is 5.62. The van der Waals surface area contributed by atoms with Gasteiger partial charge in [-0.25, -0.2) is 0 Å². The average Bonchev–Trinajstić information content (AvgIpc) is 2.89. The van der Waals surface area contributed by atoms with Gasteiger partial charge in [-0.05, 0) is 41.5 Å². The van der Waals surface area contributed by atoms with Crippen LogP contribution in [-0.4, -0.2) is 12.1 Å². The minimum atomic E-state index is 0.484. The molecule has 3 aliphatic rings. The van der Waals surface area contributed by atoms with Crippen LogP contribution in [0.5, 0.6) is 0 Å². The molecular formula is C21H21N. The highest BCUT2D eigenvalue weighted by molar-refractivity contribution is 5.80. The van der Waals surface area contributed by atoms with Gasteiger partial charge < -0.3 is 5.32 Å². The molecule has 110 valence electrons. The molecule has 0 saturated carbocycles. The molecule has 2 aliphatic heterocycles. The molecule has 2 heterocycles. The Kier molecular flexibility index (Phi) is 2.78. The zero-order chi connectivity index (χ0) is 14.5. The number of nitrogens with one attached hydrogen (secondary N) is 1. The summed E-state index contributed by atoms with van der Waals surface area (Å²) in [5, 5.41) is 3.78. The molecule has 2 atom stereocenters. The fourth-order valence-corrected chi connectivity index (χ4v) is 4.73. The van der Waals surface area contributed by atoms with Crippen molar-refractivity contribution in [1.29, 1.82) is 0 Å². The first-order valence-electron chi connectivity index (χ1n) is 8.55. The van der Waals surface area contributed by atoms with Crippen LogP contribution in [0, 0.1) is 0 Å². The van der Waals surface area contributed by atoms with Crippen LogP contribution < -0.4 is 5.32 Å². The van der Waals surface area contributed by atoms with E-state index in [4.69, 9.17) is 0 Å². The predicted molar refractivity (Wildman–Crippen MR) is 91.0 cm³/mol. The van der Waals surface area contributed by atoms with Crippen molar-refractivity contribution in [3.05, 3.63) is 71.3 Å². The SMILES string of the molecule is C1=C(C2c3ccccc3-c3ccccc32)CC2CCCC1N2. The zero-order valence-electron chi connectivity index (χ0n) is 12.8.